The number of hydrogen-bond donors (Lipinski definition) is 0. The normalized spacial score (nSPS) is 10.6. The van der Waals surface area contributed by atoms with Crippen LogP contribution in [0.15, 0.2) is 29.9 Å². The lowest BCUT2D eigenvalue weighted by Gasteiger charge is -1.97. The highest BCUT2D eigenvalue weighted by Gasteiger charge is 2.04. The fourth-order valence-corrected chi connectivity index (χ4v) is 2.28. The van der Waals surface area contributed by atoms with Gasteiger partial charge in [-0.2, -0.15) is 5.26 Å². The first-order valence-corrected chi connectivity index (χ1v) is 5.28. The SMILES string of the molecule is N#Cc1cnc2ccc3scnc3c2c1. The smallest absolute Gasteiger partial charge is 0.101 e. The number of pyridine rings is 1. The molecule has 0 amide bonds. The van der Waals surface area contributed by atoms with Crippen LogP contribution in [0.2, 0.25) is 0 Å². The van der Waals surface area contributed by atoms with Crippen LogP contribution in [0.3, 0.4) is 0 Å². The lowest BCUT2D eigenvalue weighted by molar-refractivity contribution is 1.37. The summed E-state index contributed by atoms with van der Waals surface area (Å²) in [4.78, 5) is 8.52. The minimum absolute atomic E-state index is 0.572. The Morgan fingerprint density at radius 1 is 1.27 bits per heavy atom. The molecule has 4 heteroatoms. The van der Waals surface area contributed by atoms with Crippen LogP contribution in [0.1, 0.15) is 5.56 Å². The number of nitrogens with zero attached hydrogens (tertiary/aromatic N) is 3. The van der Waals surface area contributed by atoms with Crippen molar-refractivity contribution in [2.24, 2.45) is 0 Å². The Morgan fingerprint density at radius 2 is 2.20 bits per heavy atom. The van der Waals surface area contributed by atoms with E-state index in [0.29, 0.717) is 5.56 Å². The first-order valence-electron chi connectivity index (χ1n) is 4.40. The van der Waals surface area contributed by atoms with E-state index in [9.17, 15) is 0 Å². The Kier molecular flexibility index (Phi) is 1.67. The van der Waals surface area contributed by atoms with Crippen LogP contribution in [0.5, 0.6) is 0 Å². The molecule has 0 aliphatic rings. The molecule has 0 radical (unpaired) electrons. The van der Waals surface area contributed by atoms with Crippen LogP contribution in [-0.2, 0) is 0 Å². The summed E-state index contributed by atoms with van der Waals surface area (Å²) < 4.78 is 1.12. The number of benzene rings is 1. The molecule has 2 heterocycles. The van der Waals surface area contributed by atoms with E-state index in [0.717, 1.165) is 21.1 Å². The minimum atomic E-state index is 0.572. The maximum atomic E-state index is 8.81. The highest BCUT2D eigenvalue weighted by Crippen LogP contribution is 2.26. The molecule has 0 unspecified atom stereocenters. The Hall–Kier alpha value is -1.99. The molecule has 0 saturated heterocycles. The number of aromatic nitrogens is 2. The third-order valence-electron chi connectivity index (χ3n) is 2.29. The molecule has 0 atom stereocenters. The van der Waals surface area contributed by atoms with Crippen molar-refractivity contribution in [2.75, 3.05) is 0 Å². The van der Waals surface area contributed by atoms with Crippen molar-refractivity contribution in [3.05, 3.63) is 35.5 Å². The molecule has 0 aliphatic heterocycles. The summed E-state index contributed by atoms with van der Waals surface area (Å²) in [6.07, 6.45) is 1.58. The second-order valence-electron chi connectivity index (χ2n) is 3.17. The Balaban J connectivity index is 2.54. The highest BCUT2D eigenvalue weighted by atomic mass is 32.1. The lowest BCUT2D eigenvalue weighted by Crippen LogP contribution is -1.82. The third-order valence-corrected chi connectivity index (χ3v) is 3.08. The molecule has 2 aromatic heterocycles. The van der Waals surface area contributed by atoms with Gasteiger partial charge in [-0.05, 0) is 18.2 Å². The molecule has 0 bridgehead atoms. The molecule has 0 aliphatic carbocycles. The fraction of sp³-hybridized carbons (Fsp3) is 0. The van der Waals surface area contributed by atoms with Crippen molar-refractivity contribution in [1.29, 1.82) is 5.26 Å². The van der Waals surface area contributed by atoms with Gasteiger partial charge in [0.25, 0.3) is 0 Å². The number of rotatable bonds is 0. The van der Waals surface area contributed by atoms with E-state index in [1.165, 1.54) is 0 Å². The van der Waals surface area contributed by atoms with E-state index in [1.807, 2.05) is 23.7 Å². The summed E-state index contributed by atoms with van der Waals surface area (Å²) >= 11 is 1.59. The number of fused-ring (bicyclic) bond motifs is 3. The second kappa shape index (κ2) is 3.01. The van der Waals surface area contributed by atoms with Gasteiger partial charge in [-0.15, -0.1) is 11.3 Å². The van der Waals surface area contributed by atoms with Crippen molar-refractivity contribution in [2.45, 2.75) is 0 Å². The van der Waals surface area contributed by atoms with Gasteiger partial charge in [0.05, 0.1) is 26.8 Å². The van der Waals surface area contributed by atoms with Gasteiger partial charge in [0.15, 0.2) is 0 Å². The van der Waals surface area contributed by atoms with Gasteiger partial charge in [-0.25, -0.2) is 4.98 Å². The zero-order chi connectivity index (χ0) is 10.3. The van der Waals surface area contributed by atoms with Gasteiger partial charge in [-0.3, -0.25) is 4.98 Å². The van der Waals surface area contributed by atoms with Crippen molar-refractivity contribution in [1.82, 2.24) is 9.97 Å². The van der Waals surface area contributed by atoms with E-state index in [-0.39, 0.29) is 0 Å². The Bertz CT molecular complexity index is 694. The summed E-state index contributed by atoms with van der Waals surface area (Å²) in [6, 6.07) is 7.89. The maximum absolute atomic E-state index is 8.81. The highest BCUT2D eigenvalue weighted by molar-refractivity contribution is 7.16. The average molecular weight is 211 g/mol. The molecule has 3 aromatic rings. The van der Waals surface area contributed by atoms with E-state index in [4.69, 9.17) is 5.26 Å². The van der Waals surface area contributed by atoms with Gasteiger partial charge in [0.1, 0.15) is 6.07 Å². The van der Waals surface area contributed by atoms with Crippen molar-refractivity contribution in [3.63, 3.8) is 0 Å². The molecule has 0 spiro atoms. The Labute approximate surface area is 89.6 Å². The average Bonchev–Trinajstić information content (AvgIpc) is 2.76. The number of thiazole rings is 1. The van der Waals surface area contributed by atoms with Crippen molar-refractivity contribution < 1.29 is 0 Å². The number of nitriles is 1. The molecule has 15 heavy (non-hydrogen) atoms. The van der Waals surface area contributed by atoms with Gasteiger partial charge >= 0.3 is 0 Å². The Morgan fingerprint density at radius 3 is 3.07 bits per heavy atom. The van der Waals surface area contributed by atoms with Gasteiger partial charge in [0, 0.05) is 11.6 Å². The van der Waals surface area contributed by atoms with Crippen LogP contribution in [0, 0.1) is 11.3 Å². The minimum Gasteiger partial charge on any atom is -0.255 e. The van der Waals surface area contributed by atoms with Crippen LogP contribution in [0.4, 0.5) is 0 Å². The maximum Gasteiger partial charge on any atom is 0.101 e. The van der Waals surface area contributed by atoms with E-state index in [2.05, 4.69) is 16.0 Å². The quantitative estimate of drug-likeness (QED) is 0.574. The van der Waals surface area contributed by atoms with Gasteiger partial charge in [0.2, 0.25) is 0 Å². The monoisotopic (exact) mass is 211 g/mol. The largest absolute Gasteiger partial charge is 0.255 e. The van der Waals surface area contributed by atoms with Crippen LogP contribution in [0.25, 0.3) is 21.1 Å². The second-order valence-corrected chi connectivity index (χ2v) is 4.05. The third kappa shape index (κ3) is 1.17. The molecule has 70 valence electrons. The predicted octanol–water partition coefficient (Wildman–Crippen LogP) is 2.72. The summed E-state index contributed by atoms with van der Waals surface area (Å²) in [7, 11) is 0. The summed E-state index contributed by atoms with van der Waals surface area (Å²) in [5, 5.41) is 9.76. The molecular weight excluding hydrogens is 206 g/mol. The zero-order valence-electron chi connectivity index (χ0n) is 7.64. The summed E-state index contributed by atoms with van der Waals surface area (Å²) in [6.45, 7) is 0. The topological polar surface area (TPSA) is 49.6 Å². The van der Waals surface area contributed by atoms with E-state index >= 15 is 0 Å². The van der Waals surface area contributed by atoms with E-state index in [1.54, 1.807) is 17.5 Å². The van der Waals surface area contributed by atoms with Crippen LogP contribution < -0.4 is 0 Å². The molecular formula is C11H5N3S. The molecule has 0 N–H and O–H groups in total. The molecule has 0 saturated carbocycles. The molecule has 3 rings (SSSR count). The van der Waals surface area contributed by atoms with Gasteiger partial charge < -0.3 is 0 Å². The summed E-state index contributed by atoms with van der Waals surface area (Å²) in [5.41, 5.74) is 4.20. The molecule has 3 nitrogen and oxygen atoms in total. The van der Waals surface area contributed by atoms with Gasteiger partial charge in [-0.1, -0.05) is 0 Å². The summed E-state index contributed by atoms with van der Waals surface area (Å²) in [5.74, 6) is 0. The number of hydrogen-bond acceptors (Lipinski definition) is 4. The molecule has 1 aromatic carbocycles. The zero-order valence-corrected chi connectivity index (χ0v) is 8.45. The predicted molar refractivity (Wildman–Crippen MR) is 59.6 cm³/mol. The van der Waals surface area contributed by atoms with Crippen molar-refractivity contribution in [3.8, 4) is 6.07 Å². The first-order chi connectivity index (χ1) is 7.38. The standard InChI is InChI=1S/C11H5N3S/c12-4-7-3-8-9(13-5-7)1-2-10-11(8)14-6-15-10/h1-3,5-6H. The fourth-order valence-electron chi connectivity index (χ4n) is 1.59. The lowest BCUT2D eigenvalue weighted by atomic mass is 10.1. The van der Waals surface area contributed by atoms with Crippen LogP contribution >= 0.6 is 11.3 Å². The van der Waals surface area contributed by atoms with E-state index < -0.39 is 0 Å². The first kappa shape index (κ1) is 8.33. The van der Waals surface area contributed by atoms with Crippen LogP contribution in [-0.4, -0.2) is 9.97 Å². The van der Waals surface area contributed by atoms with Crippen molar-refractivity contribution >= 4 is 32.5 Å². The molecule has 0 fully saturated rings.